The molecular formula is C34H48Br2O5. The van der Waals surface area contributed by atoms with Crippen LogP contribution < -0.4 is 0 Å². The molecule has 14 unspecified atom stereocenters. The number of carbonyl (C=O) groups excluding carboxylic acids is 3. The summed E-state index contributed by atoms with van der Waals surface area (Å²) in [5, 5.41) is 0. The minimum absolute atomic E-state index is 0.0825. The molecule has 5 fully saturated rings. The Bertz CT molecular complexity index is 1170. The van der Waals surface area contributed by atoms with E-state index in [4.69, 9.17) is 9.47 Å². The van der Waals surface area contributed by atoms with Gasteiger partial charge in [0.05, 0.1) is 11.8 Å². The zero-order valence-corrected chi connectivity index (χ0v) is 28.9. The number of allylic oxidation sites excluding steroid dienone is 2. The molecule has 4 saturated carbocycles. The summed E-state index contributed by atoms with van der Waals surface area (Å²) in [5.41, 5.74) is -0.929. The molecule has 41 heavy (non-hydrogen) atoms. The molecule has 0 aromatic heterocycles. The Morgan fingerprint density at radius 2 is 1.61 bits per heavy atom. The lowest BCUT2D eigenvalue weighted by atomic mass is 9.28. The summed E-state index contributed by atoms with van der Waals surface area (Å²) in [6.07, 6.45) is 11.3. The number of cyclic esters (lactones) is 2. The van der Waals surface area contributed by atoms with Crippen LogP contribution in [0.5, 0.6) is 0 Å². The lowest BCUT2D eigenvalue weighted by molar-refractivity contribution is -0.243. The van der Waals surface area contributed by atoms with E-state index in [1.165, 1.54) is 6.92 Å². The highest BCUT2D eigenvalue weighted by Gasteiger charge is 2.81. The molecule has 1 saturated heterocycles. The van der Waals surface area contributed by atoms with E-state index in [1.807, 2.05) is 0 Å². The van der Waals surface area contributed by atoms with E-state index in [0.717, 1.165) is 38.5 Å². The molecule has 1 heterocycles. The van der Waals surface area contributed by atoms with Crippen molar-refractivity contribution in [3.8, 4) is 0 Å². The van der Waals surface area contributed by atoms with E-state index in [9.17, 15) is 14.4 Å². The highest BCUT2D eigenvalue weighted by atomic mass is 79.9. The average Bonchev–Trinajstić information content (AvgIpc) is 3.43. The molecular weight excluding hydrogens is 648 g/mol. The third-order valence-electron chi connectivity index (χ3n) is 14.1. The van der Waals surface area contributed by atoms with Gasteiger partial charge in [-0.1, -0.05) is 85.6 Å². The lowest BCUT2D eigenvalue weighted by Gasteiger charge is -2.74. The summed E-state index contributed by atoms with van der Waals surface area (Å²) in [5.74, 6) is 0.953. The van der Waals surface area contributed by atoms with Gasteiger partial charge in [0.1, 0.15) is 6.10 Å². The Balaban J connectivity index is 1.41. The Morgan fingerprint density at radius 3 is 2.27 bits per heavy atom. The van der Waals surface area contributed by atoms with Crippen molar-refractivity contribution in [3.63, 3.8) is 0 Å². The Hall–Kier alpha value is -0.690. The van der Waals surface area contributed by atoms with Gasteiger partial charge in [-0.3, -0.25) is 14.4 Å². The number of hydrogen-bond acceptors (Lipinski definition) is 5. The van der Waals surface area contributed by atoms with E-state index in [-0.39, 0.29) is 40.3 Å². The standard InChI is InChI=1S/C34H48Br2O5/c1-17(2)18(3)27(35)28(36)19(4)22-8-9-23-31(22,6)12-11-24-32(7)13-10-21(40-20(5)37)16-33(32)14-15-34(23,24)26-25(33)29(38)41-30(26)39/h14-15,17-19,21-28H,8-13,16H2,1-7H3. The van der Waals surface area contributed by atoms with Crippen molar-refractivity contribution in [2.24, 2.45) is 69.0 Å². The predicted molar refractivity (Wildman–Crippen MR) is 165 cm³/mol. The maximum absolute atomic E-state index is 13.8. The van der Waals surface area contributed by atoms with Crippen LogP contribution in [0, 0.1) is 69.0 Å². The van der Waals surface area contributed by atoms with E-state index >= 15 is 0 Å². The van der Waals surface area contributed by atoms with Gasteiger partial charge in [-0.25, -0.2) is 0 Å². The largest absolute Gasteiger partial charge is 0.463 e. The number of esters is 3. The molecule has 7 heteroatoms. The molecule has 5 nitrogen and oxygen atoms in total. The predicted octanol–water partition coefficient (Wildman–Crippen LogP) is 7.88. The SMILES string of the molecule is CC(=O)OC1CCC2(C)C3CCC4(C)C(C(C)C(Br)C(Br)C(C)C(C)C)CCC4C34C=CC2(C1)C1C(=O)OC(=O)C14. The van der Waals surface area contributed by atoms with Gasteiger partial charge < -0.3 is 9.47 Å². The monoisotopic (exact) mass is 694 g/mol. The van der Waals surface area contributed by atoms with Crippen LogP contribution in [-0.4, -0.2) is 33.7 Å². The topological polar surface area (TPSA) is 69.7 Å². The summed E-state index contributed by atoms with van der Waals surface area (Å²) in [6.45, 7) is 15.7. The van der Waals surface area contributed by atoms with Gasteiger partial charge in [0.25, 0.3) is 0 Å². The summed E-state index contributed by atoms with van der Waals surface area (Å²) in [4.78, 5) is 40.1. The van der Waals surface area contributed by atoms with Gasteiger partial charge in [0, 0.05) is 27.4 Å². The fourth-order valence-corrected chi connectivity index (χ4v) is 13.9. The summed E-state index contributed by atoms with van der Waals surface area (Å²) < 4.78 is 11.3. The van der Waals surface area contributed by atoms with Crippen LogP contribution in [0.3, 0.4) is 0 Å². The summed E-state index contributed by atoms with van der Waals surface area (Å²) in [6, 6.07) is 0. The van der Waals surface area contributed by atoms with Gasteiger partial charge in [0.2, 0.25) is 0 Å². The van der Waals surface area contributed by atoms with Crippen LogP contribution >= 0.6 is 31.9 Å². The molecule has 6 aliphatic carbocycles. The molecule has 0 amide bonds. The number of alkyl halides is 2. The maximum atomic E-state index is 13.8. The van der Waals surface area contributed by atoms with Crippen LogP contribution in [0.4, 0.5) is 0 Å². The van der Waals surface area contributed by atoms with Crippen molar-refractivity contribution in [1.82, 2.24) is 0 Å². The molecule has 0 radical (unpaired) electrons. The number of ether oxygens (including phenoxy) is 2. The Labute approximate surface area is 263 Å². The number of halogens is 2. The fraction of sp³-hybridized carbons (Fsp3) is 0.853. The van der Waals surface area contributed by atoms with Gasteiger partial charge in [0.15, 0.2) is 0 Å². The zero-order valence-electron chi connectivity index (χ0n) is 25.8. The highest BCUT2D eigenvalue weighted by Crippen LogP contribution is 2.82. The number of rotatable bonds is 6. The molecule has 1 aliphatic heterocycles. The van der Waals surface area contributed by atoms with Gasteiger partial charge in [-0.2, -0.15) is 0 Å². The first-order chi connectivity index (χ1) is 19.2. The van der Waals surface area contributed by atoms with Crippen molar-refractivity contribution in [3.05, 3.63) is 12.2 Å². The van der Waals surface area contributed by atoms with Crippen LogP contribution in [-0.2, 0) is 23.9 Å². The quantitative estimate of drug-likeness (QED) is 0.122. The van der Waals surface area contributed by atoms with Crippen LogP contribution in [0.25, 0.3) is 0 Å². The lowest BCUT2D eigenvalue weighted by Crippen LogP contribution is -2.72. The van der Waals surface area contributed by atoms with Crippen LogP contribution in [0.2, 0.25) is 0 Å². The third-order valence-corrected chi connectivity index (χ3v) is 17.6. The smallest absolute Gasteiger partial charge is 0.318 e. The minimum atomic E-state index is -0.512. The van der Waals surface area contributed by atoms with E-state index in [1.54, 1.807) is 0 Å². The molecule has 0 aromatic carbocycles. The van der Waals surface area contributed by atoms with E-state index in [2.05, 4.69) is 85.6 Å². The first-order valence-electron chi connectivity index (χ1n) is 16.1. The number of hydrogen-bond donors (Lipinski definition) is 0. The second-order valence-corrected chi connectivity index (χ2v) is 17.8. The second-order valence-electron chi connectivity index (χ2n) is 15.6. The van der Waals surface area contributed by atoms with E-state index in [0.29, 0.717) is 51.6 Å². The Morgan fingerprint density at radius 1 is 0.927 bits per heavy atom. The van der Waals surface area contributed by atoms with Crippen molar-refractivity contribution < 1.29 is 23.9 Å². The molecule has 2 spiro atoms. The van der Waals surface area contributed by atoms with Crippen LogP contribution in [0.15, 0.2) is 12.2 Å². The molecule has 2 bridgehead atoms. The fourth-order valence-electron chi connectivity index (χ4n) is 11.9. The van der Waals surface area contributed by atoms with Gasteiger partial charge in [-0.05, 0) is 91.3 Å². The molecule has 0 aromatic rings. The maximum Gasteiger partial charge on any atom is 0.318 e. The summed E-state index contributed by atoms with van der Waals surface area (Å²) >= 11 is 8.23. The van der Waals surface area contributed by atoms with Gasteiger partial charge in [-0.15, -0.1) is 0 Å². The van der Waals surface area contributed by atoms with Crippen molar-refractivity contribution in [1.29, 1.82) is 0 Å². The first kappa shape index (κ1) is 30.3. The minimum Gasteiger partial charge on any atom is -0.463 e. The Kier molecular flexibility index (Phi) is 7.33. The third kappa shape index (κ3) is 3.84. The molecule has 14 atom stereocenters. The number of carbonyl (C=O) groups is 3. The van der Waals surface area contributed by atoms with Crippen molar-refractivity contribution in [2.75, 3.05) is 0 Å². The van der Waals surface area contributed by atoms with E-state index < -0.39 is 17.3 Å². The molecule has 0 N–H and O–H groups in total. The molecule has 228 valence electrons. The molecule has 7 rings (SSSR count). The van der Waals surface area contributed by atoms with Gasteiger partial charge >= 0.3 is 17.9 Å². The average molecular weight is 697 g/mol. The second kappa shape index (κ2) is 9.91. The van der Waals surface area contributed by atoms with Crippen LogP contribution in [0.1, 0.15) is 93.4 Å². The zero-order chi connectivity index (χ0) is 29.9. The highest BCUT2D eigenvalue weighted by molar-refractivity contribution is 9.12. The number of fused-ring (bicyclic) bond motifs is 1. The van der Waals surface area contributed by atoms with Crippen molar-refractivity contribution >= 4 is 49.8 Å². The normalized spacial score (nSPS) is 48.9. The first-order valence-corrected chi connectivity index (χ1v) is 17.9. The molecule has 7 aliphatic rings. The summed E-state index contributed by atoms with van der Waals surface area (Å²) in [7, 11) is 0. The van der Waals surface area contributed by atoms with Crippen molar-refractivity contribution in [2.45, 2.75) is 109 Å².